The van der Waals surface area contributed by atoms with E-state index in [0.717, 1.165) is 12.0 Å². The van der Waals surface area contributed by atoms with Crippen LogP contribution in [0.5, 0.6) is 0 Å². The predicted octanol–water partition coefficient (Wildman–Crippen LogP) is 4.50. The van der Waals surface area contributed by atoms with E-state index >= 15 is 0 Å². The molecule has 0 aliphatic heterocycles. The van der Waals surface area contributed by atoms with E-state index in [0.29, 0.717) is 41.9 Å². The molecule has 0 heterocycles. The van der Waals surface area contributed by atoms with Gasteiger partial charge in [0.25, 0.3) is 0 Å². The molecule has 4 rings (SSSR count). The Morgan fingerprint density at radius 1 is 1.13 bits per heavy atom. The number of fused-ring (bicyclic) bond motifs is 5. The Bertz CT molecular complexity index is 615. The summed E-state index contributed by atoms with van der Waals surface area (Å²) in [6.07, 6.45) is 11.0. The van der Waals surface area contributed by atoms with Crippen molar-refractivity contribution in [3.05, 3.63) is 24.3 Å². The summed E-state index contributed by atoms with van der Waals surface area (Å²) in [5.74, 6) is 2.78. The molecule has 2 heteroatoms. The highest BCUT2D eigenvalue weighted by Gasteiger charge is 2.60. The summed E-state index contributed by atoms with van der Waals surface area (Å²) in [6.45, 7) is 8.78. The van der Waals surface area contributed by atoms with Gasteiger partial charge in [-0.15, -0.1) is 6.58 Å². The minimum atomic E-state index is -0.0541. The van der Waals surface area contributed by atoms with E-state index < -0.39 is 0 Å². The first-order chi connectivity index (χ1) is 10.9. The quantitative estimate of drug-likeness (QED) is 0.668. The highest BCUT2D eigenvalue weighted by atomic mass is 16.1. The zero-order valence-corrected chi connectivity index (χ0v) is 14.4. The van der Waals surface area contributed by atoms with Crippen molar-refractivity contribution in [1.82, 2.24) is 0 Å². The van der Waals surface area contributed by atoms with E-state index in [2.05, 4.69) is 26.5 Å². The van der Waals surface area contributed by atoms with Gasteiger partial charge in [0.1, 0.15) is 0 Å². The molecule has 0 N–H and O–H groups in total. The summed E-state index contributed by atoms with van der Waals surface area (Å²) in [6, 6.07) is 0. The van der Waals surface area contributed by atoms with Gasteiger partial charge < -0.3 is 0 Å². The monoisotopic (exact) mass is 312 g/mol. The smallest absolute Gasteiger partial charge is 0.159 e. The van der Waals surface area contributed by atoms with Crippen LogP contribution < -0.4 is 0 Å². The maximum Gasteiger partial charge on any atom is 0.159 e. The van der Waals surface area contributed by atoms with Crippen LogP contribution >= 0.6 is 0 Å². The van der Waals surface area contributed by atoms with Crippen LogP contribution in [-0.2, 0) is 9.59 Å². The molecule has 0 amide bonds. The van der Waals surface area contributed by atoms with Crippen molar-refractivity contribution in [2.45, 2.75) is 58.8 Å². The van der Waals surface area contributed by atoms with Gasteiger partial charge >= 0.3 is 0 Å². The Morgan fingerprint density at radius 2 is 1.91 bits per heavy atom. The molecule has 3 saturated carbocycles. The third-order valence-corrected chi connectivity index (χ3v) is 8.15. The molecule has 0 aromatic rings. The molecule has 4 aliphatic carbocycles. The fraction of sp³-hybridized carbons (Fsp3) is 0.714. The van der Waals surface area contributed by atoms with Crippen molar-refractivity contribution in [3.8, 4) is 0 Å². The van der Waals surface area contributed by atoms with Crippen LogP contribution in [0, 0.1) is 34.5 Å². The van der Waals surface area contributed by atoms with Crippen LogP contribution in [0.1, 0.15) is 58.8 Å². The largest absolute Gasteiger partial charge is 0.295 e. The first-order valence-corrected chi connectivity index (χ1v) is 9.31. The van der Waals surface area contributed by atoms with E-state index in [-0.39, 0.29) is 17.0 Å². The average Bonchev–Trinajstić information content (AvgIpc) is 2.86. The Kier molecular flexibility index (Phi) is 3.28. The van der Waals surface area contributed by atoms with Crippen molar-refractivity contribution in [2.75, 3.05) is 0 Å². The summed E-state index contributed by atoms with van der Waals surface area (Å²) in [7, 11) is 0. The summed E-state index contributed by atoms with van der Waals surface area (Å²) in [4.78, 5) is 24.7. The van der Waals surface area contributed by atoms with Crippen LogP contribution in [-0.4, -0.2) is 11.6 Å². The zero-order valence-electron chi connectivity index (χ0n) is 14.4. The molecule has 0 bridgehead atoms. The third-order valence-electron chi connectivity index (χ3n) is 8.15. The second-order valence-electron chi connectivity index (χ2n) is 8.91. The van der Waals surface area contributed by atoms with Gasteiger partial charge in [-0.2, -0.15) is 0 Å². The fourth-order valence-corrected chi connectivity index (χ4v) is 6.81. The third kappa shape index (κ3) is 1.93. The maximum absolute atomic E-state index is 12.8. The lowest BCUT2D eigenvalue weighted by molar-refractivity contribution is -0.130. The molecule has 0 radical (unpaired) electrons. The van der Waals surface area contributed by atoms with Crippen molar-refractivity contribution in [2.24, 2.45) is 34.5 Å². The number of carbonyl (C=O) groups is 2. The number of carbonyl (C=O) groups excluding carboxylic acids is 2. The topological polar surface area (TPSA) is 34.1 Å². The van der Waals surface area contributed by atoms with Crippen molar-refractivity contribution < 1.29 is 9.59 Å². The van der Waals surface area contributed by atoms with Gasteiger partial charge in [0.05, 0.1) is 0 Å². The van der Waals surface area contributed by atoms with Crippen LogP contribution in [0.2, 0.25) is 0 Å². The van der Waals surface area contributed by atoms with Crippen LogP contribution in [0.15, 0.2) is 24.3 Å². The molecule has 4 unspecified atom stereocenters. The SMILES string of the molecule is C=CC1CCC2C3CC(=O)C4=CC(=O)CC[C@]4(C)C3CC[C@]12C. The van der Waals surface area contributed by atoms with Crippen LogP contribution in [0.25, 0.3) is 0 Å². The van der Waals surface area contributed by atoms with Gasteiger partial charge in [-0.25, -0.2) is 0 Å². The second kappa shape index (κ2) is 4.91. The second-order valence-corrected chi connectivity index (χ2v) is 8.91. The molecule has 4 aliphatic rings. The van der Waals surface area contributed by atoms with E-state index in [1.54, 1.807) is 6.08 Å². The van der Waals surface area contributed by atoms with Gasteiger partial charge in [0.2, 0.25) is 0 Å². The van der Waals surface area contributed by atoms with Crippen molar-refractivity contribution in [1.29, 1.82) is 0 Å². The maximum atomic E-state index is 12.8. The van der Waals surface area contributed by atoms with Crippen LogP contribution in [0.4, 0.5) is 0 Å². The Balaban J connectivity index is 1.73. The van der Waals surface area contributed by atoms with E-state index in [9.17, 15) is 9.59 Å². The molecule has 23 heavy (non-hydrogen) atoms. The molecule has 3 fully saturated rings. The number of ketones is 2. The van der Waals surface area contributed by atoms with Gasteiger partial charge in [-0.05, 0) is 72.7 Å². The summed E-state index contributed by atoms with van der Waals surface area (Å²) in [5, 5.41) is 0. The molecule has 6 atom stereocenters. The highest BCUT2D eigenvalue weighted by molar-refractivity contribution is 6.05. The lowest BCUT2D eigenvalue weighted by atomic mass is 9.46. The minimum absolute atomic E-state index is 0.0541. The van der Waals surface area contributed by atoms with Gasteiger partial charge in [0.15, 0.2) is 11.6 Å². The standard InChI is InChI=1S/C21H28O2/c1-4-13-5-6-16-15-12-19(23)18-11-14(22)7-9-21(18,3)17(15)8-10-20(13,16)2/h4,11,13,15-17H,1,5-10,12H2,2-3H3/t13?,15?,16?,17?,20-,21-/m1/s1. The average molecular weight is 312 g/mol. The Hall–Kier alpha value is -1.18. The van der Waals surface area contributed by atoms with E-state index in [1.807, 2.05) is 0 Å². The lowest BCUT2D eigenvalue weighted by Crippen LogP contribution is -2.52. The van der Waals surface area contributed by atoms with Gasteiger partial charge in [0, 0.05) is 18.4 Å². The minimum Gasteiger partial charge on any atom is -0.295 e. The van der Waals surface area contributed by atoms with Crippen molar-refractivity contribution in [3.63, 3.8) is 0 Å². The number of hydrogen-bond donors (Lipinski definition) is 0. The Labute approximate surface area is 139 Å². The fourth-order valence-electron chi connectivity index (χ4n) is 6.81. The van der Waals surface area contributed by atoms with Crippen LogP contribution in [0.3, 0.4) is 0 Å². The summed E-state index contributed by atoms with van der Waals surface area (Å²) >= 11 is 0. The van der Waals surface area contributed by atoms with Gasteiger partial charge in [-0.1, -0.05) is 19.9 Å². The summed E-state index contributed by atoms with van der Waals surface area (Å²) in [5.41, 5.74) is 1.14. The van der Waals surface area contributed by atoms with E-state index in [1.165, 1.54) is 25.7 Å². The number of rotatable bonds is 1. The molecule has 2 nitrogen and oxygen atoms in total. The lowest BCUT2D eigenvalue weighted by Gasteiger charge is -2.57. The number of hydrogen-bond acceptors (Lipinski definition) is 2. The zero-order chi connectivity index (χ0) is 16.4. The summed E-state index contributed by atoms with van der Waals surface area (Å²) < 4.78 is 0. The van der Waals surface area contributed by atoms with Gasteiger partial charge in [-0.3, -0.25) is 9.59 Å². The first-order valence-electron chi connectivity index (χ1n) is 9.31. The molecule has 0 aromatic heterocycles. The molecular formula is C21H28O2. The molecule has 0 aromatic carbocycles. The highest BCUT2D eigenvalue weighted by Crippen LogP contribution is 2.66. The Morgan fingerprint density at radius 3 is 2.65 bits per heavy atom. The normalized spacial score (nSPS) is 49.0. The molecule has 0 saturated heterocycles. The number of Topliss-reactive ketones (excluding diaryl/α,β-unsaturated/α-hetero) is 1. The molecule has 124 valence electrons. The first kappa shape index (κ1) is 15.4. The predicted molar refractivity (Wildman–Crippen MR) is 90.8 cm³/mol. The van der Waals surface area contributed by atoms with E-state index in [4.69, 9.17) is 0 Å². The number of allylic oxidation sites excluding steroid dienone is 2. The molecular weight excluding hydrogens is 284 g/mol. The molecule has 0 spiro atoms. The van der Waals surface area contributed by atoms with Crippen molar-refractivity contribution >= 4 is 11.6 Å².